The third kappa shape index (κ3) is 1.96. The molecular formula is C12H14N4S. The lowest BCUT2D eigenvalue weighted by atomic mass is 9.92. The van der Waals surface area contributed by atoms with E-state index in [4.69, 9.17) is 0 Å². The molecule has 0 aliphatic heterocycles. The van der Waals surface area contributed by atoms with E-state index in [1.165, 1.54) is 24.1 Å². The normalized spacial score (nSPS) is 19.0. The second kappa shape index (κ2) is 4.50. The Labute approximate surface area is 104 Å². The van der Waals surface area contributed by atoms with Gasteiger partial charge in [0.15, 0.2) is 10.8 Å². The molecule has 0 amide bonds. The van der Waals surface area contributed by atoms with Gasteiger partial charge in [0.2, 0.25) is 0 Å². The van der Waals surface area contributed by atoms with E-state index in [-0.39, 0.29) is 0 Å². The van der Waals surface area contributed by atoms with E-state index in [0.29, 0.717) is 6.04 Å². The summed E-state index contributed by atoms with van der Waals surface area (Å²) in [6.45, 7) is 0. The first-order chi connectivity index (χ1) is 8.38. The van der Waals surface area contributed by atoms with Crippen molar-refractivity contribution < 1.29 is 0 Å². The molecule has 0 bridgehead atoms. The van der Waals surface area contributed by atoms with E-state index in [9.17, 15) is 0 Å². The molecule has 17 heavy (non-hydrogen) atoms. The molecule has 5 heteroatoms. The maximum absolute atomic E-state index is 4.65. The smallest absolute Gasteiger partial charge is 0.188 e. The van der Waals surface area contributed by atoms with Crippen LogP contribution in [0.3, 0.4) is 0 Å². The number of fused-ring (bicyclic) bond motifs is 1. The Balaban J connectivity index is 2.02. The van der Waals surface area contributed by atoms with Crippen LogP contribution in [0.2, 0.25) is 0 Å². The van der Waals surface area contributed by atoms with E-state index < -0.39 is 0 Å². The monoisotopic (exact) mass is 246 g/mol. The summed E-state index contributed by atoms with van der Waals surface area (Å²) in [5.41, 5.74) is 2.43. The van der Waals surface area contributed by atoms with Gasteiger partial charge in [-0.05, 0) is 26.3 Å². The number of hydrogen-bond acceptors (Lipinski definition) is 5. The summed E-state index contributed by atoms with van der Waals surface area (Å²) in [7, 11) is 1.99. The zero-order chi connectivity index (χ0) is 11.7. The minimum absolute atomic E-state index is 0.407. The highest BCUT2D eigenvalue weighted by atomic mass is 32.1. The SMILES string of the molecule is CNC1CCCc2nc(-c3nccs3)ncc21. The highest BCUT2D eigenvalue weighted by Crippen LogP contribution is 2.29. The highest BCUT2D eigenvalue weighted by molar-refractivity contribution is 7.12. The van der Waals surface area contributed by atoms with Crippen LogP contribution in [0.1, 0.15) is 30.1 Å². The van der Waals surface area contributed by atoms with Gasteiger partial charge in [0, 0.05) is 35.1 Å². The second-order valence-electron chi connectivity index (χ2n) is 4.17. The summed E-state index contributed by atoms with van der Waals surface area (Å²) in [6, 6.07) is 0.407. The number of thiazole rings is 1. The van der Waals surface area contributed by atoms with Gasteiger partial charge in [0.1, 0.15) is 0 Å². The molecule has 0 fully saturated rings. The predicted molar refractivity (Wildman–Crippen MR) is 67.9 cm³/mol. The van der Waals surface area contributed by atoms with Crippen LogP contribution in [-0.2, 0) is 6.42 Å². The Bertz CT molecular complexity index is 509. The predicted octanol–water partition coefficient (Wildman–Crippen LogP) is 2.20. The molecule has 2 aromatic heterocycles. The lowest BCUT2D eigenvalue weighted by molar-refractivity contribution is 0.488. The van der Waals surface area contributed by atoms with Crippen molar-refractivity contribution in [3.8, 4) is 10.8 Å². The summed E-state index contributed by atoms with van der Waals surface area (Å²) < 4.78 is 0. The van der Waals surface area contributed by atoms with Gasteiger partial charge in [-0.15, -0.1) is 11.3 Å². The number of nitrogens with zero attached hydrogens (tertiary/aromatic N) is 3. The van der Waals surface area contributed by atoms with Crippen molar-refractivity contribution in [3.63, 3.8) is 0 Å². The van der Waals surface area contributed by atoms with Crippen molar-refractivity contribution >= 4 is 11.3 Å². The van der Waals surface area contributed by atoms with Crippen molar-refractivity contribution in [2.45, 2.75) is 25.3 Å². The molecule has 4 nitrogen and oxygen atoms in total. The maximum atomic E-state index is 4.65. The summed E-state index contributed by atoms with van der Waals surface area (Å²) in [5.74, 6) is 0.760. The molecule has 3 rings (SSSR count). The van der Waals surface area contributed by atoms with Gasteiger partial charge in [0.25, 0.3) is 0 Å². The van der Waals surface area contributed by atoms with Crippen molar-refractivity contribution in [2.24, 2.45) is 0 Å². The average molecular weight is 246 g/mol. The zero-order valence-electron chi connectivity index (χ0n) is 9.68. The molecule has 1 atom stereocenters. The Morgan fingerprint density at radius 1 is 1.41 bits per heavy atom. The number of aryl methyl sites for hydroxylation is 1. The molecule has 1 N–H and O–H groups in total. The van der Waals surface area contributed by atoms with Gasteiger partial charge in [-0.25, -0.2) is 15.0 Å². The molecule has 1 aliphatic carbocycles. The summed E-state index contributed by atoms with van der Waals surface area (Å²) in [6.07, 6.45) is 7.16. The van der Waals surface area contributed by atoms with Crippen LogP contribution in [0.15, 0.2) is 17.8 Å². The maximum Gasteiger partial charge on any atom is 0.188 e. The Morgan fingerprint density at radius 3 is 3.12 bits per heavy atom. The Morgan fingerprint density at radius 2 is 2.35 bits per heavy atom. The number of nitrogens with one attached hydrogen (secondary N) is 1. The quantitative estimate of drug-likeness (QED) is 0.882. The molecule has 0 saturated heterocycles. The van der Waals surface area contributed by atoms with Crippen LogP contribution in [0.5, 0.6) is 0 Å². The molecule has 2 heterocycles. The molecule has 1 unspecified atom stereocenters. The lowest BCUT2D eigenvalue weighted by Crippen LogP contribution is -2.22. The minimum atomic E-state index is 0.407. The fourth-order valence-electron chi connectivity index (χ4n) is 2.28. The fraction of sp³-hybridized carbons (Fsp3) is 0.417. The molecule has 2 aromatic rings. The first-order valence-electron chi connectivity index (χ1n) is 5.81. The average Bonchev–Trinajstić information content (AvgIpc) is 2.91. The molecule has 0 aromatic carbocycles. The van der Waals surface area contributed by atoms with Gasteiger partial charge in [-0.3, -0.25) is 0 Å². The topological polar surface area (TPSA) is 50.7 Å². The van der Waals surface area contributed by atoms with Crippen molar-refractivity contribution in [1.29, 1.82) is 0 Å². The van der Waals surface area contributed by atoms with E-state index in [0.717, 1.165) is 17.3 Å². The van der Waals surface area contributed by atoms with Crippen molar-refractivity contribution in [3.05, 3.63) is 29.0 Å². The molecule has 0 saturated carbocycles. The highest BCUT2D eigenvalue weighted by Gasteiger charge is 2.21. The third-order valence-electron chi connectivity index (χ3n) is 3.15. The van der Waals surface area contributed by atoms with Crippen LogP contribution in [0.4, 0.5) is 0 Å². The van der Waals surface area contributed by atoms with E-state index in [1.807, 2.05) is 18.6 Å². The van der Waals surface area contributed by atoms with Crippen LogP contribution in [-0.4, -0.2) is 22.0 Å². The zero-order valence-corrected chi connectivity index (χ0v) is 10.5. The van der Waals surface area contributed by atoms with Gasteiger partial charge in [0.05, 0.1) is 0 Å². The van der Waals surface area contributed by atoms with Crippen LogP contribution in [0, 0.1) is 0 Å². The Hall–Kier alpha value is -1.33. The summed E-state index contributed by atoms with van der Waals surface area (Å²) >= 11 is 1.58. The van der Waals surface area contributed by atoms with Crippen molar-refractivity contribution in [2.75, 3.05) is 7.05 Å². The van der Waals surface area contributed by atoms with Crippen LogP contribution in [0.25, 0.3) is 10.8 Å². The van der Waals surface area contributed by atoms with Gasteiger partial charge >= 0.3 is 0 Å². The van der Waals surface area contributed by atoms with Crippen molar-refractivity contribution in [1.82, 2.24) is 20.3 Å². The van der Waals surface area contributed by atoms with Crippen LogP contribution >= 0.6 is 11.3 Å². The standard InChI is InChI=1S/C12H14N4S/c1-13-9-3-2-4-10-8(9)7-15-11(16-10)12-14-5-6-17-12/h5-7,9,13H,2-4H2,1H3. The van der Waals surface area contributed by atoms with Gasteiger partial charge < -0.3 is 5.32 Å². The third-order valence-corrected chi connectivity index (χ3v) is 3.92. The number of hydrogen-bond donors (Lipinski definition) is 1. The van der Waals surface area contributed by atoms with Crippen LogP contribution < -0.4 is 5.32 Å². The Kier molecular flexibility index (Phi) is 2.86. The second-order valence-corrected chi connectivity index (χ2v) is 5.06. The molecular weight excluding hydrogens is 232 g/mol. The van der Waals surface area contributed by atoms with E-state index in [1.54, 1.807) is 17.5 Å². The first-order valence-corrected chi connectivity index (χ1v) is 6.69. The molecule has 1 aliphatic rings. The van der Waals surface area contributed by atoms with Gasteiger partial charge in [-0.1, -0.05) is 0 Å². The largest absolute Gasteiger partial charge is 0.313 e. The number of rotatable bonds is 2. The summed E-state index contributed by atoms with van der Waals surface area (Å²) in [4.78, 5) is 13.3. The molecule has 88 valence electrons. The first kappa shape index (κ1) is 10.8. The fourth-order valence-corrected chi connectivity index (χ4v) is 2.86. The minimum Gasteiger partial charge on any atom is -0.313 e. The molecule has 0 spiro atoms. The van der Waals surface area contributed by atoms with E-state index >= 15 is 0 Å². The molecule has 0 radical (unpaired) electrons. The van der Waals surface area contributed by atoms with Gasteiger partial charge in [-0.2, -0.15) is 0 Å². The summed E-state index contributed by atoms with van der Waals surface area (Å²) in [5, 5.41) is 6.18. The van der Waals surface area contributed by atoms with E-state index in [2.05, 4.69) is 20.3 Å². The number of aromatic nitrogens is 3. The lowest BCUT2D eigenvalue weighted by Gasteiger charge is -2.23.